The number of carbonyl (C=O) groups excluding carboxylic acids is 1. The number of carboxylic acids is 1. The number of carboxylic acid groups (broad SMARTS) is 1. The van der Waals surface area contributed by atoms with Gasteiger partial charge < -0.3 is 9.84 Å². The highest BCUT2D eigenvalue weighted by molar-refractivity contribution is 6.34. The molecule has 1 rings (SSSR count). The van der Waals surface area contributed by atoms with Gasteiger partial charge in [0.2, 0.25) is 0 Å². The van der Waals surface area contributed by atoms with Crippen LogP contribution in [0.1, 0.15) is 43.5 Å². The predicted molar refractivity (Wildman–Crippen MR) is 77.6 cm³/mol. The molecule has 0 saturated carbocycles. The molecule has 0 aromatic heterocycles. The summed E-state index contributed by atoms with van der Waals surface area (Å²) in [4.78, 5) is 22.3. The fourth-order valence-corrected chi connectivity index (χ4v) is 1.89. The van der Waals surface area contributed by atoms with Crippen molar-refractivity contribution in [2.24, 2.45) is 5.92 Å². The molecule has 0 spiro atoms. The zero-order chi connectivity index (χ0) is 15.1. The molecule has 0 aliphatic heterocycles. The molecule has 5 heteroatoms. The van der Waals surface area contributed by atoms with E-state index in [4.69, 9.17) is 21.4 Å². The molecule has 0 atom stereocenters. The van der Waals surface area contributed by atoms with E-state index in [9.17, 15) is 9.59 Å². The summed E-state index contributed by atoms with van der Waals surface area (Å²) in [7, 11) is 0. The molecule has 4 nitrogen and oxygen atoms in total. The van der Waals surface area contributed by atoms with Gasteiger partial charge in [0.05, 0.1) is 11.6 Å². The van der Waals surface area contributed by atoms with Gasteiger partial charge in [-0.15, -0.1) is 0 Å². The molecule has 1 aromatic carbocycles. The topological polar surface area (TPSA) is 63.6 Å². The van der Waals surface area contributed by atoms with Gasteiger partial charge in [-0.1, -0.05) is 25.4 Å². The van der Waals surface area contributed by atoms with Crippen LogP contribution in [0.2, 0.25) is 5.02 Å². The van der Waals surface area contributed by atoms with Gasteiger partial charge in [0.1, 0.15) is 5.75 Å². The van der Waals surface area contributed by atoms with Crippen molar-refractivity contribution in [1.29, 1.82) is 0 Å². The molecule has 0 heterocycles. The standard InChI is InChI=1S/C15H19ClO4/c1-10(2)9-20-11-6-7-12(13(16)8-11)14(17)4-3-5-15(18)19/h6-8,10H,3-5,9H2,1-2H3,(H,18,19). The third kappa shape index (κ3) is 5.61. The number of ether oxygens (including phenoxy) is 1. The Morgan fingerprint density at radius 2 is 2.00 bits per heavy atom. The quantitative estimate of drug-likeness (QED) is 0.741. The Bertz CT molecular complexity index is 483. The summed E-state index contributed by atoms with van der Waals surface area (Å²) in [5.74, 6) is -0.00937. The van der Waals surface area contributed by atoms with Gasteiger partial charge >= 0.3 is 5.97 Å². The van der Waals surface area contributed by atoms with Gasteiger partial charge in [0, 0.05) is 18.4 Å². The van der Waals surface area contributed by atoms with Crippen molar-refractivity contribution in [3.05, 3.63) is 28.8 Å². The Morgan fingerprint density at radius 3 is 2.55 bits per heavy atom. The van der Waals surface area contributed by atoms with Gasteiger partial charge in [-0.05, 0) is 30.5 Å². The molecule has 1 aromatic rings. The highest BCUT2D eigenvalue weighted by atomic mass is 35.5. The van der Waals surface area contributed by atoms with E-state index in [2.05, 4.69) is 0 Å². The summed E-state index contributed by atoms with van der Waals surface area (Å²) in [5, 5.41) is 8.88. The molecular weight excluding hydrogens is 280 g/mol. The zero-order valence-electron chi connectivity index (χ0n) is 11.7. The second-order valence-electron chi connectivity index (χ2n) is 5.02. The molecule has 1 N–H and O–H groups in total. The number of rotatable bonds is 8. The van der Waals surface area contributed by atoms with Crippen LogP contribution in [0, 0.1) is 5.92 Å². The second kappa shape index (κ2) is 7.90. The van der Waals surface area contributed by atoms with Crippen molar-refractivity contribution >= 4 is 23.4 Å². The number of carbonyl (C=O) groups is 2. The lowest BCUT2D eigenvalue weighted by Gasteiger charge is -2.10. The number of benzene rings is 1. The van der Waals surface area contributed by atoms with Crippen LogP contribution in [-0.2, 0) is 4.79 Å². The molecule has 0 radical (unpaired) electrons. The average molecular weight is 299 g/mol. The Kier molecular flexibility index (Phi) is 6.52. The molecule has 0 unspecified atom stereocenters. The van der Waals surface area contributed by atoms with Gasteiger partial charge in [-0.3, -0.25) is 9.59 Å². The first-order valence-corrected chi connectivity index (χ1v) is 6.95. The van der Waals surface area contributed by atoms with Crippen LogP contribution < -0.4 is 4.74 Å². The smallest absolute Gasteiger partial charge is 0.303 e. The summed E-state index contributed by atoms with van der Waals surface area (Å²) in [6.45, 7) is 4.67. The van der Waals surface area contributed by atoms with E-state index in [0.717, 1.165) is 0 Å². The number of Topliss-reactive ketones (excluding diaryl/α,β-unsaturated/α-hetero) is 1. The summed E-state index contributed by atoms with van der Waals surface area (Å²) < 4.78 is 5.52. The maximum Gasteiger partial charge on any atom is 0.303 e. The summed E-state index contributed by atoms with van der Waals surface area (Å²) in [6, 6.07) is 4.95. The number of hydrogen-bond acceptors (Lipinski definition) is 3. The molecule has 0 saturated heterocycles. The van der Waals surface area contributed by atoms with Crippen LogP contribution in [0.5, 0.6) is 5.75 Å². The van der Waals surface area contributed by atoms with Crippen LogP contribution >= 0.6 is 11.6 Å². The number of aliphatic carboxylic acids is 1. The normalized spacial score (nSPS) is 10.6. The molecule has 20 heavy (non-hydrogen) atoms. The van der Waals surface area contributed by atoms with Gasteiger partial charge in [-0.25, -0.2) is 0 Å². The Hall–Kier alpha value is -1.55. The summed E-state index contributed by atoms with van der Waals surface area (Å²) in [5.41, 5.74) is 0.411. The largest absolute Gasteiger partial charge is 0.493 e. The van der Waals surface area contributed by atoms with E-state index in [1.54, 1.807) is 18.2 Å². The molecular formula is C15H19ClO4. The first-order valence-electron chi connectivity index (χ1n) is 6.57. The Balaban J connectivity index is 2.62. The van der Waals surface area contributed by atoms with Crippen molar-refractivity contribution in [3.8, 4) is 5.75 Å². The van der Waals surface area contributed by atoms with Crippen LogP contribution in [0.4, 0.5) is 0 Å². The van der Waals surface area contributed by atoms with Gasteiger partial charge in [0.25, 0.3) is 0 Å². The highest BCUT2D eigenvalue weighted by Gasteiger charge is 2.12. The SMILES string of the molecule is CC(C)COc1ccc(C(=O)CCCC(=O)O)c(Cl)c1. The zero-order valence-corrected chi connectivity index (χ0v) is 12.4. The van der Waals surface area contributed by atoms with Crippen molar-refractivity contribution in [2.75, 3.05) is 6.61 Å². The van der Waals surface area contributed by atoms with E-state index in [1.165, 1.54) is 0 Å². The molecule has 0 aliphatic carbocycles. The van der Waals surface area contributed by atoms with Crippen molar-refractivity contribution in [3.63, 3.8) is 0 Å². The van der Waals surface area contributed by atoms with Crippen LogP contribution in [0.25, 0.3) is 0 Å². The van der Waals surface area contributed by atoms with Crippen LogP contribution in [-0.4, -0.2) is 23.5 Å². The minimum Gasteiger partial charge on any atom is -0.493 e. The third-order valence-electron chi connectivity index (χ3n) is 2.62. The monoisotopic (exact) mass is 298 g/mol. The third-order valence-corrected chi connectivity index (χ3v) is 2.93. The first-order chi connectivity index (χ1) is 9.40. The van der Waals surface area contributed by atoms with E-state index < -0.39 is 5.97 Å². The fourth-order valence-electron chi connectivity index (χ4n) is 1.61. The summed E-state index contributed by atoms with van der Waals surface area (Å²) >= 11 is 6.06. The average Bonchev–Trinajstić information content (AvgIpc) is 2.35. The molecule has 0 fully saturated rings. The van der Waals surface area contributed by atoms with Crippen molar-refractivity contribution in [2.45, 2.75) is 33.1 Å². The number of halogens is 1. The minimum absolute atomic E-state index is 0.0149. The first kappa shape index (κ1) is 16.5. The van der Waals surface area contributed by atoms with Crippen molar-refractivity contribution in [1.82, 2.24) is 0 Å². The van der Waals surface area contributed by atoms with Gasteiger partial charge in [-0.2, -0.15) is 0 Å². The Morgan fingerprint density at radius 1 is 1.30 bits per heavy atom. The van der Waals surface area contributed by atoms with E-state index >= 15 is 0 Å². The van der Waals surface area contributed by atoms with Crippen LogP contribution in [0.3, 0.4) is 0 Å². The molecule has 110 valence electrons. The van der Waals surface area contributed by atoms with E-state index in [1.807, 2.05) is 13.8 Å². The van der Waals surface area contributed by atoms with Crippen LogP contribution in [0.15, 0.2) is 18.2 Å². The minimum atomic E-state index is -0.902. The van der Waals surface area contributed by atoms with E-state index in [-0.39, 0.29) is 18.6 Å². The lowest BCUT2D eigenvalue weighted by Crippen LogP contribution is -2.06. The maximum atomic E-state index is 11.9. The van der Waals surface area contributed by atoms with E-state index in [0.29, 0.717) is 35.3 Å². The molecule has 0 amide bonds. The predicted octanol–water partition coefficient (Wildman–Crippen LogP) is 3.81. The number of hydrogen-bond donors (Lipinski definition) is 1. The Labute approximate surface area is 123 Å². The molecule has 0 aliphatic rings. The number of ketones is 1. The summed E-state index contributed by atoms with van der Waals surface area (Å²) in [6.07, 6.45) is 0.479. The lowest BCUT2D eigenvalue weighted by atomic mass is 10.1. The lowest BCUT2D eigenvalue weighted by molar-refractivity contribution is -0.137. The second-order valence-corrected chi connectivity index (χ2v) is 5.42. The fraction of sp³-hybridized carbons (Fsp3) is 0.467. The maximum absolute atomic E-state index is 11.9. The molecule has 0 bridgehead atoms. The van der Waals surface area contributed by atoms with Gasteiger partial charge in [0.15, 0.2) is 5.78 Å². The van der Waals surface area contributed by atoms with Crippen molar-refractivity contribution < 1.29 is 19.4 Å². The highest BCUT2D eigenvalue weighted by Crippen LogP contribution is 2.24.